The summed E-state index contributed by atoms with van der Waals surface area (Å²) < 4.78 is 5.61. The van der Waals surface area contributed by atoms with Crippen LogP contribution in [0.2, 0.25) is 0 Å². The van der Waals surface area contributed by atoms with Crippen molar-refractivity contribution in [2.75, 3.05) is 13.2 Å². The number of hydrogen-bond donors (Lipinski definition) is 3. The number of carbonyl (C=O) groups excluding carboxylic acids is 2. The highest BCUT2D eigenvalue weighted by molar-refractivity contribution is 5.79. The van der Waals surface area contributed by atoms with Gasteiger partial charge in [0.25, 0.3) is 0 Å². The van der Waals surface area contributed by atoms with Crippen molar-refractivity contribution in [2.45, 2.75) is 57.4 Å². The first-order valence-electron chi connectivity index (χ1n) is 12.5. The Labute approximate surface area is 206 Å². The molecule has 0 radical (unpaired) electrons. The van der Waals surface area contributed by atoms with Gasteiger partial charge < -0.3 is 20.5 Å². The minimum absolute atomic E-state index is 0.0139. The lowest BCUT2D eigenvalue weighted by Gasteiger charge is -2.35. The molecule has 0 heterocycles. The lowest BCUT2D eigenvalue weighted by molar-refractivity contribution is -0.137. The molecule has 2 amide bonds. The van der Waals surface area contributed by atoms with Crippen LogP contribution in [0.5, 0.6) is 0 Å². The summed E-state index contributed by atoms with van der Waals surface area (Å²) >= 11 is 0. The highest BCUT2D eigenvalue weighted by Crippen LogP contribution is 2.44. The average Bonchev–Trinajstić information content (AvgIpc) is 3.14. The van der Waals surface area contributed by atoms with E-state index in [0.29, 0.717) is 26.0 Å². The van der Waals surface area contributed by atoms with Crippen molar-refractivity contribution in [3.8, 4) is 11.1 Å². The number of amides is 2. The van der Waals surface area contributed by atoms with Crippen molar-refractivity contribution in [1.82, 2.24) is 10.6 Å². The van der Waals surface area contributed by atoms with Crippen LogP contribution in [-0.4, -0.2) is 42.3 Å². The predicted molar refractivity (Wildman–Crippen MR) is 133 cm³/mol. The molecule has 1 unspecified atom stereocenters. The van der Waals surface area contributed by atoms with Gasteiger partial charge in [0, 0.05) is 31.3 Å². The van der Waals surface area contributed by atoms with Crippen LogP contribution in [0.15, 0.2) is 48.5 Å². The van der Waals surface area contributed by atoms with Crippen molar-refractivity contribution in [1.29, 1.82) is 0 Å². The second-order valence-electron chi connectivity index (χ2n) is 9.88. The molecule has 4 rings (SSSR count). The number of fused-ring (bicyclic) bond motifs is 3. The Bertz CT molecular complexity index is 1020. The molecule has 2 aromatic carbocycles. The van der Waals surface area contributed by atoms with E-state index in [2.05, 4.69) is 34.9 Å². The molecule has 0 spiro atoms. The lowest BCUT2D eigenvalue weighted by atomic mass is 9.78. The maximum absolute atomic E-state index is 12.4. The van der Waals surface area contributed by atoms with Gasteiger partial charge in [-0.15, -0.1) is 0 Å². The highest BCUT2D eigenvalue weighted by atomic mass is 16.5. The highest BCUT2D eigenvalue weighted by Gasteiger charge is 2.33. The molecule has 3 N–H and O–H groups in total. The number of rotatable bonds is 11. The van der Waals surface area contributed by atoms with Gasteiger partial charge >= 0.3 is 12.1 Å². The van der Waals surface area contributed by atoms with E-state index in [4.69, 9.17) is 9.84 Å². The van der Waals surface area contributed by atoms with E-state index in [-0.39, 0.29) is 36.1 Å². The smallest absolute Gasteiger partial charge is 0.407 e. The molecule has 186 valence electrons. The number of benzene rings is 2. The van der Waals surface area contributed by atoms with Gasteiger partial charge in [0.2, 0.25) is 5.91 Å². The van der Waals surface area contributed by atoms with Crippen LogP contribution in [0.3, 0.4) is 0 Å². The molecule has 2 aliphatic rings. The third-order valence-electron chi connectivity index (χ3n) is 7.19. The standard InChI is InChI=1S/C28H34N2O5/c1-18(10-11-27(32)33)12-13-29-26(31)16-19-14-20(15-19)30-28(34)35-17-25-23-8-4-2-6-21(23)22-7-3-5-9-24(22)25/h2-9,18-20,25H,10-17H2,1H3,(H,29,31)(H,30,34)(H,32,33). The fourth-order valence-electron chi connectivity index (χ4n) is 5.13. The Balaban J connectivity index is 1.13. The zero-order chi connectivity index (χ0) is 24.8. The first-order chi connectivity index (χ1) is 16.9. The summed E-state index contributed by atoms with van der Waals surface area (Å²) in [7, 11) is 0. The molecule has 2 aliphatic carbocycles. The first kappa shape index (κ1) is 24.8. The molecule has 1 saturated carbocycles. The zero-order valence-electron chi connectivity index (χ0n) is 20.2. The van der Waals surface area contributed by atoms with E-state index < -0.39 is 12.1 Å². The Hall–Kier alpha value is -3.35. The third kappa shape index (κ3) is 6.41. The predicted octanol–water partition coefficient (Wildman–Crippen LogP) is 4.70. The Morgan fingerprint density at radius 1 is 1.00 bits per heavy atom. The van der Waals surface area contributed by atoms with Crippen molar-refractivity contribution in [3.63, 3.8) is 0 Å². The number of nitrogens with one attached hydrogen (secondary N) is 2. The summed E-state index contributed by atoms with van der Waals surface area (Å²) in [6.07, 6.45) is 3.14. The number of carboxylic acids is 1. The van der Waals surface area contributed by atoms with Crippen molar-refractivity contribution in [3.05, 3.63) is 59.7 Å². The third-order valence-corrected chi connectivity index (χ3v) is 7.19. The average molecular weight is 479 g/mol. The molecular weight excluding hydrogens is 444 g/mol. The van der Waals surface area contributed by atoms with E-state index >= 15 is 0 Å². The van der Waals surface area contributed by atoms with Crippen molar-refractivity contribution >= 4 is 18.0 Å². The van der Waals surface area contributed by atoms with Gasteiger partial charge in [-0.1, -0.05) is 55.5 Å². The number of aliphatic carboxylic acids is 1. The van der Waals surface area contributed by atoms with Crippen molar-refractivity contribution < 1.29 is 24.2 Å². The fourth-order valence-corrected chi connectivity index (χ4v) is 5.13. The molecule has 2 aromatic rings. The van der Waals surface area contributed by atoms with Gasteiger partial charge in [-0.05, 0) is 59.8 Å². The van der Waals surface area contributed by atoms with Gasteiger partial charge in [-0.2, -0.15) is 0 Å². The topological polar surface area (TPSA) is 105 Å². The molecule has 7 heteroatoms. The van der Waals surface area contributed by atoms with Crippen LogP contribution in [0.4, 0.5) is 4.79 Å². The van der Waals surface area contributed by atoms with E-state index in [9.17, 15) is 14.4 Å². The Morgan fingerprint density at radius 2 is 1.63 bits per heavy atom. The Kier molecular flexibility index (Phi) is 8.06. The van der Waals surface area contributed by atoms with Crippen LogP contribution in [0.1, 0.15) is 62.5 Å². The second kappa shape index (κ2) is 11.4. The molecule has 1 atom stereocenters. The number of alkyl carbamates (subject to hydrolysis) is 1. The van der Waals surface area contributed by atoms with Crippen LogP contribution < -0.4 is 10.6 Å². The largest absolute Gasteiger partial charge is 0.481 e. The lowest BCUT2D eigenvalue weighted by Crippen LogP contribution is -2.46. The normalized spacial score (nSPS) is 19.1. The number of carbonyl (C=O) groups is 3. The minimum Gasteiger partial charge on any atom is -0.481 e. The summed E-state index contributed by atoms with van der Waals surface area (Å²) in [6.45, 7) is 2.86. The molecule has 35 heavy (non-hydrogen) atoms. The molecule has 7 nitrogen and oxygen atoms in total. The van der Waals surface area contributed by atoms with E-state index in [1.807, 2.05) is 31.2 Å². The fraction of sp³-hybridized carbons (Fsp3) is 0.464. The maximum atomic E-state index is 12.4. The van der Waals surface area contributed by atoms with E-state index in [1.54, 1.807) is 0 Å². The van der Waals surface area contributed by atoms with Gasteiger partial charge in [-0.25, -0.2) is 4.79 Å². The van der Waals surface area contributed by atoms with Crippen LogP contribution in [0, 0.1) is 11.8 Å². The number of hydrogen-bond acceptors (Lipinski definition) is 4. The molecular formula is C28H34N2O5. The van der Waals surface area contributed by atoms with Gasteiger partial charge in [0.05, 0.1) is 0 Å². The van der Waals surface area contributed by atoms with E-state index in [0.717, 1.165) is 19.3 Å². The summed E-state index contributed by atoms with van der Waals surface area (Å²) in [5.74, 6) is -0.204. The van der Waals surface area contributed by atoms with Crippen LogP contribution in [0.25, 0.3) is 11.1 Å². The summed E-state index contributed by atoms with van der Waals surface area (Å²) in [5.41, 5.74) is 4.78. The maximum Gasteiger partial charge on any atom is 0.407 e. The minimum atomic E-state index is -0.785. The van der Waals surface area contributed by atoms with Crippen molar-refractivity contribution in [2.24, 2.45) is 11.8 Å². The quantitative estimate of drug-likeness (QED) is 0.434. The first-order valence-corrected chi connectivity index (χ1v) is 12.5. The number of ether oxygens (including phenoxy) is 1. The van der Waals surface area contributed by atoms with Gasteiger partial charge in [0.1, 0.15) is 6.61 Å². The monoisotopic (exact) mass is 478 g/mol. The second-order valence-corrected chi connectivity index (χ2v) is 9.88. The number of carboxylic acid groups (broad SMARTS) is 1. The molecule has 0 aromatic heterocycles. The SMILES string of the molecule is CC(CCNC(=O)CC1CC(NC(=O)OCC2c3ccccc3-c3ccccc32)C1)CCC(=O)O. The van der Waals surface area contributed by atoms with Gasteiger partial charge in [-0.3, -0.25) is 9.59 Å². The zero-order valence-corrected chi connectivity index (χ0v) is 20.2. The molecule has 0 bridgehead atoms. The summed E-state index contributed by atoms with van der Waals surface area (Å²) in [5, 5.41) is 14.6. The molecule has 1 fully saturated rings. The summed E-state index contributed by atoms with van der Waals surface area (Å²) in [4.78, 5) is 35.2. The molecule has 0 saturated heterocycles. The van der Waals surface area contributed by atoms with E-state index in [1.165, 1.54) is 22.3 Å². The van der Waals surface area contributed by atoms with Gasteiger partial charge in [0.15, 0.2) is 0 Å². The summed E-state index contributed by atoms with van der Waals surface area (Å²) in [6, 6.07) is 16.5. The van der Waals surface area contributed by atoms with Crippen LogP contribution >= 0.6 is 0 Å². The molecule has 0 aliphatic heterocycles. The Morgan fingerprint density at radius 3 is 2.26 bits per heavy atom. The van der Waals surface area contributed by atoms with Crippen LogP contribution in [-0.2, 0) is 14.3 Å².